The van der Waals surface area contributed by atoms with Crippen LogP contribution in [0.1, 0.15) is 43.5 Å². The second kappa shape index (κ2) is 8.78. The van der Waals surface area contributed by atoms with E-state index in [9.17, 15) is 19.2 Å². The zero-order chi connectivity index (χ0) is 22.9. The molecule has 0 bridgehead atoms. The highest BCUT2D eigenvalue weighted by Crippen LogP contribution is 2.56. The van der Waals surface area contributed by atoms with Crippen molar-refractivity contribution in [2.75, 3.05) is 16.8 Å². The summed E-state index contributed by atoms with van der Waals surface area (Å²) in [6, 6.07) is 13.8. The lowest BCUT2D eigenvalue weighted by atomic mass is 10.1. The Kier molecular flexibility index (Phi) is 6.06. The lowest BCUT2D eigenvalue weighted by Crippen LogP contribution is -2.48. The van der Waals surface area contributed by atoms with E-state index >= 15 is 0 Å². The highest BCUT2D eigenvalue weighted by molar-refractivity contribution is 8.02. The maximum atomic E-state index is 13.0. The van der Waals surface area contributed by atoms with Crippen molar-refractivity contribution in [3.8, 4) is 0 Å². The van der Waals surface area contributed by atoms with Gasteiger partial charge in [0.2, 0.25) is 11.8 Å². The van der Waals surface area contributed by atoms with Crippen molar-refractivity contribution >= 4 is 46.7 Å². The topological polar surface area (TPSA) is 92.8 Å². The van der Waals surface area contributed by atoms with Gasteiger partial charge in [-0.05, 0) is 42.3 Å². The van der Waals surface area contributed by atoms with Crippen LogP contribution < -0.4 is 10.2 Å². The summed E-state index contributed by atoms with van der Waals surface area (Å²) in [5, 5.41) is 2.79. The van der Waals surface area contributed by atoms with Gasteiger partial charge in [-0.1, -0.05) is 37.7 Å². The number of esters is 1. The number of benzene rings is 2. The van der Waals surface area contributed by atoms with Gasteiger partial charge in [0.15, 0.2) is 17.3 Å². The highest BCUT2D eigenvalue weighted by atomic mass is 32.2. The zero-order valence-corrected chi connectivity index (χ0v) is 18.7. The second-order valence-corrected chi connectivity index (χ2v) is 9.63. The van der Waals surface area contributed by atoms with Crippen LogP contribution in [0.4, 0.5) is 11.4 Å². The van der Waals surface area contributed by atoms with Gasteiger partial charge in [0.1, 0.15) is 0 Å². The van der Waals surface area contributed by atoms with E-state index in [4.69, 9.17) is 4.74 Å². The van der Waals surface area contributed by atoms with E-state index in [0.717, 1.165) is 4.90 Å². The third-order valence-electron chi connectivity index (χ3n) is 5.41. The monoisotopic (exact) mass is 452 g/mol. The largest absolute Gasteiger partial charge is 0.455 e. The molecule has 1 atom stereocenters. The summed E-state index contributed by atoms with van der Waals surface area (Å²) in [5.74, 6) is -0.901. The Morgan fingerprint density at radius 3 is 2.56 bits per heavy atom. The van der Waals surface area contributed by atoms with Crippen molar-refractivity contribution < 1.29 is 23.9 Å². The molecular formula is C24H24N2O5S. The van der Waals surface area contributed by atoms with Crippen LogP contribution in [0.15, 0.2) is 53.4 Å². The zero-order valence-electron chi connectivity index (χ0n) is 17.9. The van der Waals surface area contributed by atoms with E-state index in [2.05, 4.69) is 5.32 Å². The summed E-state index contributed by atoms with van der Waals surface area (Å²) < 4.78 is 5.39. The van der Waals surface area contributed by atoms with E-state index in [1.54, 1.807) is 24.3 Å². The van der Waals surface area contributed by atoms with Crippen molar-refractivity contribution in [2.45, 2.75) is 42.9 Å². The molecule has 0 saturated carbocycles. The van der Waals surface area contributed by atoms with Crippen molar-refractivity contribution in [1.29, 1.82) is 0 Å². The molecule has 2 aliphatic rings. The number of thioether (sulfide) groups is 1. The molecule has 4 rings (SSSR count). The fourth-order valence-corrected chi connectivity index (χ4v) is 5.33. The molecule has 2 aromatic carbocycles. The van der Waals surface area contributed by atoms with Gasteiger partial charge in [-0.15, -0.1) is 0 Å². The molecule has 0 radical (unpaired) electrons. The third-order valence-corrected chi connectivity index (χ3v) is 6.87. The average molecular weight is 453 g/mol. The first-order valence-electron chi connectivity index (χ1n) is 10.5. The van der Waals surface area contributed by atoms with E-state index in [0.29, 0.717) is 29.8 Å². The molecule has 7 nitrogen and oxygen atoms in total. The van der Waals surface area contributed by atoms with Gasteiger partial charge in [-0.2, -0.15) is 0 Å². The number of carbonyl (C=O) groups excluding carboxylic acids is 4. The summed E-state index contributed by atoms with van der Waals surface area (Å²) in [5.41, 5.74) is 1.68. The van der Waals surface area contributed by atoms with Crippen molar-refractivity contribution in [3.63, 3.8) is 0 Å². The molecule has 1 saturated heterocycles. The minimum Gasteiger partial charge on any atom is -0.455 e. The van der Waals surface area contributed by atoms with Crippen LogP contribution in [-0.4, -0.2) is 35.0 Å². The van der Waals surface area contributed by atoms with Gasteiger partial charge >= 0.3 is 5.97 Å². The first-order chi connectivity index (χ1) is 15.3. The molecular weight excluding hydrogens is 428 g/mol. The molecule has 166 valence electrons. The number of fused-ring (bicyclic) bond motifs is 3. The molecule has 2 heterocycles. The SMILES string of the molecule is CC(C)CC(=O)Nc1ccc(C(=O)COC(=O)C23CCC(=O)N2c2ccccc2S3)cc1. The summed E-state index contributed by atoms with van der Waals surface area (Å²) in [6.45, 7) is 3.51. The van der Waals surface area contributed by atoms with Crippen LogP contribution in [0.3, 0.4) is 0 Å². The Morgan fingerprint density at radius 2 is 1.84 bits per heavy atom. The first kappa shape index (κ1) is 22.1. The lowest BCUT2D eigenvalue weighted by Gasteiger charge is -2.28. The fraction of sp³-hybridized carbons (Fsp3) is 0.333. The number of nitrogens with zero attached hydrogens (tertiary/aromatic N) is 1. The Bertz CT molecular complexity index is 1080. The number of ether oxygens (including phenoxy) is 1. The van der Waals surface area contributed by atoms with Crippen LogP contribution in [0.2, 0.25) is 0 Å². The molecule has 0 aliphatic carbocycles. The summed E-state index contributed by atoms with van der Waals surface area (Å²) in [6.07, 6.45) is 1.01. The molecule has 0 aromatic heterocycles. The van der Waals surface area contributed by atoms with Crippen molar-refractivity contribution in [1.82, 2.24) is 0 Å². The standard InChI is InChI=1S/C24H24N2O5S/c1-15(2)13-21(28)25-17-9-7-16(8-10-17)19(27)14-31-23(30)24-12-11-22(29)26(24)18-5-3-4-6-20(18)32-24/h3-10,15H,11-14H2,1-2H3,(H,25,28). The van der Waals surface area contributed by atoms with Gasteiger partial charge in [0, 0.05) is 35.4 Å². The molecule has 2 aliphatic heterocycles. The maximum Gasteiger partial charge on any atom is 0.343 e. The van der Waals surface area contributed by atoms with Gasteiger partial charge in [-0.25, -0.2) is 4.79 Å². The molecule has 1 unspecified atom stereocenters. The Balaban J connectivity index is 1.39. The Morgan fingerprint density at radius 1 is 1.12 bits per heavy atom. The maximum absolute atomic E-state index is 13.0. The molecule has 0 spiro atoms. The first-order valence-corrected chi connectivity index (χ1v) is 11.3. The Labute approximate surface area is 190 Å². The van der Waals surface area contributed by atoms with Crippen LogP contribution in [0.25, 0.3) is 0 Å². The van der Waals surface area contributed by atoms with Crippen LogP contribution in [0, 0.1) is 5.92 Å². The quantitative estimate of drug-likeness (QED) is 0.504. The summed E-state index contributed by atoms with van der Waals surface area (Å²) >= 11 is 1.30. The number of Topliss-reactive ketones (excluding diaryl/α,β-unsaturated/α-hetero) is 1. The van der Waals surface area contributed by atoms with Gasteiger partial charge in [-0.3, -0.25) is 19.3 Å². The molecule has 1 N–H and O–H groups in total. The van der Waals surface area contributed by atoms with Gasteiger partial charge < -0.3 is 10.1 Å². The van der Waals surface area contributed by atoms with Crippen molar-refractivity contribution in [3.05, 3.63) is 54.1 Å². The number of para-hydroxylation sites is 1. The van der Waals surface area contributed by atoms with E-state index in [1.807, 2.05) is 38.1 Å². The molecule has 2 amide bonds. The number of carbonyl (C=O) groups is 4. The number of rotatable bonds is 7. The lowest BCUT2D eigenvalue weighted by molar-refractivity contribution is -0.145. The fourth-order valence-electron chi connectivity index (χ4n) is 3.92. The predicted molar refractivity (Wildman–Crippen MR) is 122 cm³/mol. The molecule has 8 heteroatoms. The number of hydrogen-bond donors (Lipinski definition) is 1. The normalized spacial score (nSPS) is 19.0. The van der Waals surface area contributed by atoms with Gasteiger partial charge in [0.05, 0.1) is 5.69 Å². The number of ketones is 1. The van der Waals surface area contributed by atoms with E-state index < -0.39 is 17.4 Å². The molecule has 2 aromatic rings. The molecule has 32 heavy (non-hydrogen) atoms. The summed E-state index contributed by atoms with van der Waals surface area (Å²) in [7, 11) is 0. The van der Waals surface area contributed by atoms with E-state index in [1.165, 1.54) is 16.7 Å². The number of anilines is 2. The molecule has 1 fully saturated rings. The summed E-state index contributed by atoms with van der Waals surface area (Å²) in [4.78, 5) is 51.1. The smallest absolute Gasteiger partial charge is 0.343 e. The van der Waals surface area contributed by atoms with Gasteiger partial charge in [0.25, 0.3) is 0 Å². The second-order valence-electron chi connectivity index (χ2n) is 8.31. The minimum absolute atomic E-state index is 0.0852. The van der Waals surface area contributed by atoms with Crippen LogP contribution in [0.5, 0.6) is 0 Å². The number of hydrogen-bond acceptors (Lipinski definition) is 6. The average Bonchev–Trinajstić information content (AvgIpc) is 3.27. The highest BCUT2D eigenvalue weighted by Gasteiger charge is 2.58. The Hall–Kier alpha value is -3.13. The minimum atomic E-state index is -1.15. The number of amides is 2. The third kappa shape index (κ3) is 4.14. The predicted octanol–water partition coefficient (Wildman–Crippen LogP) is 4.03. The van der Waals surface area contributed by atoms with Crippen molar-refractivity contribution in [2.24, 2.45) is 5.92 Å². The number of nitrogens with one attached hydrogen (secondary N) is 1. The van der Waals surface area contributed by atoms with Crippen LogP contribution in [-0.2, 0) is 19.1 Å². The van der Waals surface area contributed by atoms with Crippen LogP contribution >= 0.6 is 11.8 Å². The van der Waals surface area contributed by atoms with E-state index in [-0.39, 0.29) is 29.9 Å².